The third kappa shape index (κ3) is 29.7. The third-order valence-electron chi connectivity index (χ3n) is 23.7. The number of unbranched alkanes of at least 4 members (excludes halogenated alkanes) is 1. The fraction of sp³-hybridized carbons (Fsp3) is 0.473. The third-order valence-corrected chi connectivity index (χ3v) is 24.8. The molecule has 38 nitrogen and oxygen atoms in total. The summed E-state index contributed by atoms with van der Waals surface area (Å²) in [5, 5.41) is 54.7. The van der Waals surface area contributed by atoms with E-state index in [1.807, 2.05) is 0 Å². The molecule has 3 fully saturated rings. The number of hydrogen-bond acceptors (Lipinski definition) is 21. The molecule has 1 aromatic heterocycles. The van der Waals surface area contributed by atoms with Gasteiger partial charge in [-0.2, -0.15) is 0 Å². The second-order valence-corrected chi connectivity index (χ2v) is 34.8. The molecule has 13 atom stereocenters. The van der Waals surface area contributed by atoms with Gasteiger partial charge in [0.05, 0.1) is 31.9 Å². The SMILES string of the molecule is CCCC[C@H]1C(=O)N2CCOC[C@@H]2C(=O)N[C@@H](CC(=O)O)C(=O)N[C@@H](C(C)C)C(=O)N(C)[C@@H](Cc2ccccc2)C(=O)N[C@@H](CCC(=O)O)C(=O)N2CCC[C@@H]2C(=O)N[C@@H](Cc2c[nH]c3ccccc23)C(=O)N[C@@H](Cc2ccc(O)cc2)C(=O)N[C@@H](CCOC)C(=O)N[C@H](C(=O)NCC(N)=O)CSCC(=O)N[C@@H](Cc2cc(F)c(F)c(F)c2)C(=O)N(C)[C@@H](CCc2ccccc2)C(=O)N1C. The van der Waals surface area contributed by atoms with Crippen molar-refractivity contribution in [3.63, 3.8) is 0 Å². The number of halogens is 3. The first-order valence-corrected chi connectivity index (χ1v) is 45.5. The van der Waals surface area contributed by atoms with Gasteiger partial charge in [-0.05, 0) is 109 Å². The quantitative estimate of drug-likeness (QED) is 0.0341. The number of nitrogens with one attached hydrogen (secondary N) is 10. The van der Waals surface area contributed by atoms with E-state index in [0.29, 0.717) is 63.5 Å². The lowest BCUT2D eigenvalue weighted by molar-refractivity contribution is -0.158. The van der Waals surface area contributed by atoms with Crippen molar-refractivity contribution >= 4 is 123 Å². The van der Waals surface area contributed by atoms with Gasteiger partial charge in [0.2, 0.25) is 88.6 Å². The van der Waals surface area contributed by atoms with Crippen LogP contribution in [0.5, 0.6) is 5.75 Å². The Morgan fingerprint density at radius 2 is 1.12 bits per heavy atom. The van der Waals surface area contributed by atoms with Gasteiger partial charge in [-0.1, -0.05) is 125 Å². The average molecular weight is 1900 g/mol. The predicted octanol–water partition coefficient (Wildman–Crippen LogP) is 1.34. The van der Waals surface area contributed by atoms with Crippen LogP contribution in [0.2, 0.25) is 0 Å². The predicted molar refractivity (Wildman–Crippen MR) is 484 cm³/mol. The number of benzene rings is 5. The van der Waals surface area contributed by atoms with Crippen LogP contribution in [0, 0.1) is 23.4 Å². The maximum atomic E-state index is 15.7. The highest BCUT2D eigenvalue weighted by Gasteiger charge is 2.46. The number of fused-ring (bicyclic) bond motifs is 3. The van der Waals surface area contributed by atoms with Crippen molar-refractivity contribution in [2.24, 2.45) is 11.7 Å². The number of amides is 15. The van der Waals surface area contributed by atoms with E-state index in [0.717, 1.165) is 24.5 Å². The maximum Gasteiger partial charge on any atom is 0.305 e. The molecule has 0 radical (unpaired) electrons. The molecule has 0 saturated carbocycles. The Balaban J connectivity index is 1.14. The number of H-pyrrole nitrogens is 1. The number of rotatable bonds is 26. The molecule has 42 heteroatoms. The average Bonchev–Trinajstić information content (AvgIpc) is 1.67. The van der Waals surface area contributed by atoms with Crippen molar-refractivity contribution in [2.45, 2.75) is 196 Å². The highest BCUT2D eigenvalue weighted by atomic mass is 32.2. The number of methoxy groups -OCH3 is 1. The van der Waals surface area contributed by atoms with Crippen molar-refractivity contribution < 1.29 is 119 Å². The number of nitrogens with zero attached hydrogens (tertiary/aromatic N) is 5. The number of thioether (sulfide) groups is 1. The fourth-order valence-electron chi connectivity index (χ4n) is 16.3. The van der Waals surface area contributed by atoms with Gasteiger partial charge in [0.15, 0.2) is 17.5 Å². The molecule has 3 aliphatic heterocycles. The number of aliphatic carboxylic acids is 2. The molecule has 4 heterocycles. The molecule has 15 amide bonds. The number of likely N-dealkylation sites (N-methyl/N-ethyl adjacent to an activating group) is 3. The summed E-state index contributed by atoms with van der Waals surface area (Å²) in [6, 6.07) is 8.42. The first-order valence-electron chi connectivity index (χ1n) is 44.4. The van der Waals surface area contributed by atoms with Gasteiger partial charge in [0.25, 0.3) is 0 Å². The van der Waals surface area contributed by atoms with E-state index < -0.39 is 259 Å². The molecule has 3 aliphatic rings. The summed E-state index contributed by atoms with van der Waals surface area (Å²) in [5.74, 6) is -26.1. The molecule has 5 aromatic carbocycles. The maximum absolute atomic E-state index is 15.7. The van der Waals surface area contributed by atoms with Gasteiger partial charge in [0.1, 0.15) is 84.3 Å². The Morgan fingerprint density at radius 3 is 1.76 bits per heavy atom. The standard InChI is InChI=1S/C93H117F3N16O22S/c1-8-9-25-71-92(131)112-37-39-134-49-74(112)88(127)105-67(46-78(118)119)85(124)107-80(52(2)3)93(132)110(6)73(44-54-21-14-11-15-22-54)87(126)102-64(32-34-77(116)117)90(129)111-36-18-26-70(111)86(125)104-66(45-57-47-98-62-24-17-16-23-59(57)62)84(123)103-65(42-55-27-30-58(113)31-28-55)83(122)101-63(35-38-133-7)82(121)106-69(81(120)99-48-75(97)114)50-135-51-76(115)100-68(43-56-40-60(94)79(96)61(95)41-56)89(128)108(4)72(91(130)109(71)5)33-29-53-19-12-10-13-20-53/h10-17,19-24,27-28,30-31,40-41,47,52,63-74,80,98,113H,8-9,18,25-26,29,32-39,42-46,48-51H2,1-7H3,(H2,97,114)(H,99,120)(H,100,115)(H,101,122)(H,102,126)(H,103,123)(H,104,125)(H,105,127)(H,106,121)(H,107,124)(H,116,117)(H,118,119)/t63-,64-,65-,66-,67-,68-,69-,70+,71-,72-,73-,74+,80-/m0/s1. The number of aromatic amines is 1. The Bertz CT molecular complexity index is 5210. The molecule has 0 aliphatic carbocycles. The summed E-state index contributed by atoms with van der Waals surface area (Å²) in [5.41, 5.74) is 7.54. The molecule has 6 aromatic rings. The van der Waals surface area contributed by atoms with Crippen molar-refractivity contribution in [3.8, 4) is 5.75 Å². The first kappa shape index (κ1) is 105. The number of carboxylic acid groups (broad SMARTS) is 2. The number of para-hydroxylation sites is 1. The highest BCUT2D eigenvalue weighted by Crippen LogP contribution is 2.28. The molecule has 728 valence electrons. The van der Waals surface area contributed by atoms with Crippen LogP contribution in [-0.4, -0.2) is 303 Å². The number of ether oxygens (including phenoxy) is 2. The number of carboxylic acids is 2. The number of aromatic hydroxyl groups is 1. The molecule has 135 heavy (non-hydrogen) atoms. The Kier molecular flexibility index (Phi) is 39.4. The van der Waals surface area contributed by atoms with Gasteiger partial charge in [-0.15, -0.1) is 11.8 Å². The first-order chi connectivity index (χ1) is 64.4. The second kappa shape index (κ2) is 50.5. The van der Waals surface area contributed by atoms with Crippen molar-refractivity contribution in [3.05, 3.63) is 173 Å². The van der Waals surface area contributed by atoms with Crippen LogP contribution >= 0.6 is 11.8 Å². The Morgan fingerprint density at radius 1 is 0.556 bits per heavy atom. The molecule has 3 saturated heterocycles. The summed E-state index contributed by atoms with van der Waals surface area (Å²) in [6.45, 7) is 2.51. The number of aromatic nitrogens is 1. The molecule has 0 unspecified atom stereocenters. The number of hydrogen-bond donors (Lipinski definition) is 14. The molecule has 15 N–H and O–H groups in total. The molecule has 9 rings (SSSR count). The van der Waals surface area contributed by atoms with E-state index >= 15 is 51.9 Å². The summed E-state index contributed by atoms with van der Waals surface area (Å²) < 4.78 is 56.3. The number of aryl methyl sites for hydroxylation is 1. The zero-order chi connectivity index (χ0) is 98.4. The van der Waals surface area contributed by atoms with Crippen LogP contribution in [-0.2, 0) is 123 Å². The van der Waals surface area contributed by atoms with E-state index in [1.165, 1.54) is 66.4 Å². The normalized spacial score (nSPS) is 23.4. The number of primary amides is 1. The van der Waals surface area contributed by atoms with Crippen molar-refractivity contribution in [2.75, 3.05) is 79.2 Å². The summed E-state index contributed by atoms with van der Waals surface area (Å²) in [4.78, 5) is 258. The highest BCUT2D eigenvalue weighted by molar-refractivity contribution is 8.00. The second-order valence-electron chi connectivity index (χ2n) is 33.8. The lowest BCUT2D eigenvalue weighted by atomic mass is 9.98. The van der Waals surface area contributed by atoms with Gasteiger partial charge in [-0.3, -0.25) is 81.5 Å². The van der Waals surface area contributed by atoms with E-state index in [2.05, 4.69) is 52.8 Å². The van der Waals surface area contributed by atoms with Crippen LogP contribution in [0.3, 0.4) is 0 Å². The van der Waals surface area contributed by atoms with Gasteiger partial charge in [0, 0.05) is 103 Å². The number of carbonyl (C=O) groups excluding carboxylic acids is 15. The topological polar surface area (TPSA) is 536 Å². The minimum absolute atomic E-state index is 0.0598. The largest absolute Gasteiger partial charge is 0.508 e. The summed E-state index contributed by atoms with van der Waals surface area (Å²) in [7, 11) is 4.94. The summed E-state index contributed by atoms with van der Waals surface area (Å²) in [6.07, 6.45) is -2.52. The Hall–Kier alpha value is -13.5. The van der Waals surface area contributed by atoms with Crippen LogP contribution in [0.4, 0.5) is 13.2 Å². The summed E-state index contributed by atoms with van der Waals surface area (Å²) >= 11 is 0.644. The number of phenols is 1. The lowest BCUT2D eigenvalue weighted by Gasteiger charge is -2.40. The van der Waals surface area contributed by atoms with Gasteiger partial charge in [-0.25, -0.2) is 13.2 Å². The zero-order valence-corrected chi connectivity index (χ0v) is 76.7. The van der Waals surface area contributed by atoms with E-state index in [9.17, 15) is 58.1 Å². The van der Waals surface area contributed by atoms with Crippen LogP contribution in [0.25, 0.3) is 10.9 Å². The molecule has 0 spiro atoms. The Labute approximate surface area is 781 Å². The zero-order valence-electron chi connectivity index (χ0n) is 75.9. The number of morpholine rings is 1. The molecule has 0 bridgehead atoms. The lowest BCUT2D eigenvalue weighted by Crippen LogP contribution is -2.64. The van der Waals surface area contributed by atoms with E-state index in [-0.39, 0.29) is 95.4 Å². The molecular formula is C93H117F3N16O22S. The number of carbonyl (C=O) groups is 17. The van der Waals surface area contributed by atoms with Crippen molar-refractivity contribution in [1.29, 1.82) is 0 Å². The minimum Gasteiger partial charge on any atom is -0.508 e. The monoisotopic (exact) mass is 1900 g/mol. The smallest absolute Gasteiger partial charge is 0.305 e. The van der Waals surface area contributed by atoms with E-state index in [1.54, 1.807) is 98.0 Å². The molecular weight excluding hydrogens is 1780 g/mol. The van der Waals surface area contributed by atoms with Gasteiger partial charge >= 0.3 is 11.9 Å². The number of nitrogens with two attached hydrogens (primary N) is 1. The fourth-order valence-corrected chi connectivity index (χ4v) is 17.1. The van der Waals surface area contributed by atoms with Crippen LogP contribution in [0.15, 0.2) is 128 Å². The van der Waals surface area contributed by atoms with Crippen LogP contribution in [0.1, 0.15) is 113 Å². The van der Waals surface area contributed by atoms with Gasteiger partial charge < -0.3 is 108 Å². The van der Waals surface area contributed by atoms with Crippen LogP contribution < -0.4 is 53.6 Å². The minimum atomic E-state index is -2.03. The van der Waals surface area contributed by atoms with E-state index in [4.69, 9.17) is 15.2 Å². The number of phenolic OH excluding ortho intramolecular Hbond substituents is 1. The van der Waals surface area contributed by atoms with Crippen molar-refractivity contribution in [1.82, 2.24) is 77.3 Å².